The number of hydrogen-bond acceptors (Lipinski definition) is 2. The van der Waals surface area contributed by atoms with Crippen LogP contribution in [0.1, 0.15) is 67.7 Å². The molecule has 2 N–H and O–H groups in total. The summed E-state index contributed by atoms with van der Waals surface area (Å²) >= 11 is 1.90. The molecule has 1 unspecified atom stereocenters. The van der Waals surface area contributed by atoms with E-state index in [2.05, 4.69) is 19.1 Å². The molecule has 0 spiro atoms. The summed E-state index contributed by atoms with van der Waals surface area (Å²) in [7, 11) is 0. The number of nitrogens with two attached hydrogens (primary N) is 1. The Morgan fingerprint density at radius 3 is 2.71 bits per heavy atom. The molecule has 2 heteroatoms. The van der Waals surface area contributed by atoms with Crippen LogP contribution in [0.25, 0.3) is 0 Å². The summed E-state index contributed by atoms with van der Waals surface area (Å²) in [6.45, 7) is 2.21. The van der Waals surface area contributed by atoms with Gasteiger partial charge in [0.05, 0.1) is 0 Å². The summed E-state index contributed by atoms with van der Waals surface area (Å²) in [5.41, 5.74) is 6.29. The van der Waals surface area contributed by atoms with Gasteiger partial charge in [-0.1, -0.05) is 39.0 Å². The minimum absolute atomic E-state index is 0.280. The topological polar surface area (TPSA) is 26.0 Å². The summed E-state index contributed by atoms with van der Waals surface area (Å²) in [4.78, 5) is 2.85. The van der Waals surface area contributed by atoms with Crippen LogP contribution >= 0.6 is 11.3 Å². The summed E-state index contributed by atoms with van der Waals surface area (Å²) in [5.74, 6) is 0.959. The van der Waals surface area contributed by atoms with Crippen LogP contribution in [-0.4, -0.2) is 0 Å². The first-order valence-electron chi connectivity index (χ1n) is 7.13. The van der Waals surface area contributed by atoms with Gasteiger partial charge in [0.15, 0.2) is 0 Å². The zero-order valence-corrected chi connectivity index (χ0v) is 11.8. The predicted octanol–water partition coefficient (Wildman–Crippen LogP) is 4.67. The van der Waals surface area contributed by atoms with Crippen molar-refractivity contribution in [3.63, 3.8) is 0 Å². The molecule has 1 aromatic heterocycles. The van der Waals surface area contributed by atoms with Gasteiger partial charge in [0, 0.05) is 15.8 Å². The highest BCUT2D eigenvalue weighted by atomic mass is 32.1. The lowest BCUT2D eigenvalue weighted by molar-refractivity contribution is 0.324. The molecule has 0 amide bonds. The van der Waals surface area contributed by atoms with Crippen molar-refractivity contribution in [1.82, 2.24) is 0 Å². The zero-order chi connectivity index (χ0) is 12.1. The number of aryl methyl sites for hydroxylation is 1. The van der Waals surface area contributed by atoms with Crippen molar-refractivity contribution >= 4 is 11.3 Å². The van der Waals surface area contributed by atoms with Crippen LogP contribution in [0.4, 0.5) is 0 Å². The number of thiophene rings is 1. The molecular formula is C15H25NS. The maximum absolute atomic E-state index is 6.29. The Balaban J connectivity index is 1.77. The highest BCUT2D eigenvalue weighted by Crippen LogP contribution is 2.31. The van der Waals surface area contributed by atoms with Gasteiger partial charge >= 0.3 is 0 Å². The summed E-state index contributed by atoms with van der Waals surface area (Å²) in [6.07, 6.45) is 10.9. The van der Waals surface area contributed by atoms with Crippen molar-refractivity contribution in [2.45, 2.75) is 64.3 Å². The molecule has 1 aliphatic carbocycles. The molecule has 17 heavy (non-hydrogen) atoms. The molecule has 1 fully saturated rings. The summed E-state index contributed by atoms with van der Waals surface area (Å²) in [5, 5.41) is 0. The van der Waals surface area contributed by atoms with Crippen LogP contribution in [0.15, 0.2) is 12.1 Å². The lowest BCUT2D eigenvalue weighted by Crippen LogP contribution is -2.13. The van der Waals surface area contributed by atoms with Gasteiger partial charge in [-0.3, -0.25) is 0 Å². The van der Waals surface area contributed by atoms with Gasteiger partial charge in [0.25, 0.3) is 0 Å². The van der Waals surface area contributed by atoms with Crippen LogP contribution in [-0.2, 0) is 6.42 Å². The lowest BCUT2D eigenvalue weighted by atomic mass is 9.85. The normalized spacial score (nSPS) is 19.4. The molecule has 0 bridgehead atoms. The summed E-state index contributed by atoms with van der Waals surface area (Å²) in [6, 6.07) is 4.75. The van der Waals surface area contributed by atoms with E-state index in [4.69, 9.17) is 5.73 Å². The Bertz CT molecular complexity index is 325. The second kappa shape index (κ2) is 6.55. The molecule has 1 aromatic rings. The Hall–Kier alpha value is -0.340. The monoisotopic (exact) mass is 251 g/mol. The lowest BCUT2D eigenvalue weighted by Gasteiger charge is -2.22. The standard InChI is InChI=1S/C15H25NS/c1-2-13-9-11-15(17-13)14(16)10-8-12-6-4-3-5-7-12/h9,11-12,14H,2-8,10,16H2,1H3. The van der Waals surface area contributed by atoms with E-state index < -0.39 is 0 Å². The first-order chi connectivity index (χ1) is 8.29. The SMILES string of the molecule is CCc1ccc(C(N)CCC2CCCCC2)s1. The van der Waals surface area contributed by atoms with Crippen molar-refractivity contribution in [1.29, 1.82) is 0 Å². The highest BCUT2D eigenvalue weighted by molar-refractivity contribution is 7.12. The first-order valence-corrected chi connectivity index (χ1v) is 7.95. The average Bonchev–Trinajstić information content (AvgIpc) is 2.86. The molecule has 0 saturated heterocycles. The largest absolute Gasteiger partial charge is 0.323 e. The Morgan fingerprint density at radius 2 is 2.06 bits per heavy atom. The Labute approximate surface area is 109 Å². The van der Waals surface area contributed by atoms with Crippen molar-refractivity contribution in [2.24, 2.45) is 11.7 Å². The molecule has 1 atom stereocenters. The van der Waals surface area contributed by atoms with Crippen LogP contribution in [0, 0.1) is 5.92 Å². The third kappa shape index (κ3) is 3.82. The van der Waals surface area contributed by atoms with E-state index in [0.717, 1.165) is 12.3 Å². The second-order valence-corrected chi connectivity index (χ2v) is 6.55. The average molecular weight is 251 g/mol. The van der Waals surface area contributed by atoms with Crippen LogP contribution in [0.3, 0.4) is 0 Å². The molecule has 0 aromatic carbocycles. The Morgan fingerprint density at radius 1 is 1.29 bits per heavy atom. The fourth-order valence-corrected chi connectivity index (χ4v) is 3.81. The molecule has 1 heterocycles. The van der Waals surface area contributed by atoms with Gasteiger partial charge in [0.2, 0.25) is 0 Å². The molecule has 1 saturated carbocycles. The molecule has 1 nitrogen and oxygen atoms in total. The van der Waals surface area contributed by atoms with Gasteiger partial charge in [-0.25, -0.2) is 0 Å². The van der Waals surface area contributed by atoms with Crippen molar-refractivity contribution in [3.8, 4) is 0 Å². The van der Waals surface area contributed by atoms with E-state index in [1.807, 2.05) is 11.3 Å². The van der Waals surface area contributed by atoms with Crippen molar-refractivity contribution in [2.75, 3.05) is 0 Å². The molecule has 1 aliphatic rings. The van der Waals surface area contributed by atoms with E-state index in [1.165, 1.54) is 54.7 Å². The van der Waals surface area contributed by atoms with Gasteiger partial charge in [-0.05, 0) is 37.3 Å². The zero-order valence-electron chi connectivity index (χ0n) is 11.0. The quantitative estimate of drug-likeness (QED) is 0.808. The predicted molar refractivity (Wildman–Crippen MR) is 76.4 cm³/mol. The fraction of sp³-hybridized carbons (Fsp3) is 0.733. The minimum Gasteiger partial charge on any atom is -0.323 e. The van der Waals surface area contributed by atoms with Gasteiger partial charge in [0.1, 0.15) is 0 Å². The van der Waals surface area contributed by atoms with Crippen LogP contribution in [0.2, 0.25) is 0 Å². The first kappa shape index (κ1) is 13.1. The second-order valence-electron chi connectivity index (χ2n) is 5.35. The molecule has 2 rings (SSSR count). The van der Waals surface area contributed by atoms with E-state index in [9.17, 15) is 0 Å². The number of rotatable bonds is 5. The van der Waals surface area contributed by atoms with E-state index in [0.29, 0.717) is 0 Å². The smallest absolute Gasteiger partial charge is 0.0389 e. The van der Waals surface area contributed by atoms with Crippen molar-refractivity contribution < 1.29 is 0 Å². The molecular weight excluding hydrogens is 226 g/mol. The third-order valence-corrected chi connectivity index (χ3v) is 5.37. The summed E-state index contributed by atoms with van der Waals surface area (Å²) < 4.78 is 0. The third-order valence-electron chi connectivity index (χ3n) is 4.01. The molecule has 0 aliphatic heterocycles. The van der Waals surface area contributed by atoms with Crippen LogP contribution in [0.5, 0.6) is 0 Å². The Kier molecular flexibility index (Phi) is 5.05. The molecule has 0 radical (unpaired) electrons. The highest BCUT2D eigenvalue weighted by Gasteiger charge is 2.16. The number of hydrogen-bond donors (Lipinski definition) is 1. The maximum Gasteiger partial charge on any atom is 0.0389 e. The maximum atomic E-state index is 6.29. The van der Waals surface area contributed by atoms with Gasteiger partial charge in [-0.15, -0.1) is 11.3 Å². The van der Waals surface area contributed by atoms with Crippen LogP contribution < -0.4 is 5.73 Å². The fourth-order valence-electron chi connectivity index (χ4n) is 2.82. The van der Waals surface area contributed by atoms with E-state index in [1.54, 1.807) is 0 Å². The van der Waals surface area contributed by atoms with Gasteiger partial charge < -0.3 is 5.73 Å². The minimum atomic E-state index is 0.280. The van der Waals surface area contributed by atoms with Gasteiger partial charge in [-0.2, -0.15) is 0 Å². The van der Waals surface area contributed by atoms with Crippen molar-refractivity contribution in [3.05, 3.63) is 21.9 Å². The molecule has 96 valence electrons. The van der Waals surface area contributed by atoms with E-state index in [-0.39, 0.29) is 6.04 Å². The van der Waals surface area contributed by atoms with E-state index >= 15 is 0 Å².